The van der Waals surface area contributed by atoms with Crippen LogP contribution in [0.2, 0.25) is 0 Å². The summed E-state index contributed by atoms with van der Waals surface area (Å²) >= 11 is 1.39. The minimum atomic E-state index is -0.851. The molecule has 1 N–H and O–H groups in total. The Hall–Kier alpha value is -3.77. The van der Waals surface area contributed by atoms with Gasteiger partial charge in [0, 0.05) is 16.1 Å². The van der Waals surface area contributed by atoms with Crippen molar-refractivity contribution in [3.63, 3.8) is 0 Å². The molecule has 6 heteroatoms. The number of carbonyl (C=O) groups excluding carboxylic acids is 2. The van der Waals surface area contributed by atoms with E-state index in [0.29, 0.717) is 5.56 Å². The number of fused-ring (bicyclic) bond motifs is 1. The maximum absolute atomic E-state index is 14.0. The molecule has 158 valence electrons. The molecular weight excluding hydrogens is 425 g/mol. The lowest BCUT2D eigenvalue weighted by atomic mass is 9.95. The lowest BCUT2D eigenvalue weighted by Gasteiger charge is -2.25. The Morgan fingerprint density at radius 1 is 1.00 bits per heavy atom. The van der Waals surface area contributed by atoms with E-state index >= 15 is 0 Å². The second-order valence-corrected chi connectivity index (χ2v) is 8.59. The summed E-state index contributed by atoms with van der Waals surface area (Å²) in [6.45, 7) is 1.88. The molecule has 0 saturated carbocycles. The number of aliphatic hydroxyl groups excluding tert-OH is 1. The van der Waals surface area contributed by atoms with Gasteiger partial charge in [-0.3, -0.25) is 14.5 Å². The quantitative estimate of drug-likeness (QED) is 0.241. The number of hydrogen-bond acceptors (Lipinski definition) is 4. The van der Waals surface area contributed by atoms with E-state index in [0.717, 1.165) is 21.2 Å². The van der Waals surface area contributed by atoms with Crippen molar-refractivity contribution in [2.24, 2.45) is 0 Å². The van der Waals surface area contributed by atoms with Crippen LogP contribution >= 0.6 is 11.3 Å². The highest BCUT2D eigenvalue weighted by Crippen LogP contribution is 2.45. The van der Waals surface area contributed by atoms with Crippen molar-refractivity contribution < 1.29 is 19.1 Å². The molecule has 1 amide bonds. The number of aryl methyl sites for hydroxylation is 1. The third-order valence-electron chi connectivity index (χ3n) is 5.73. The molecular formula is C26H18FNO3S. The van der Waals surface area contributed by atoms with E-state index in [2.05, 4.69) is 0 Å². The van der Waals surface area contributed by atoms with Crippen molar-refractivity contribution in [3.05, 3.63) is 106 Å². The summed E-state index contributed by atoms with van der Waals surface area (Å²) in [4.78, 5) is 28.4. The van der Waals surface area contributed by atoms with Crippen LogP contribution in [0.4, 0.5) is 10.1 Å². The lowest BCUT2D eigenvalue weighted by Crippen LogP contribution is -2.29. The number of rotatable bonds is 3. The maximum Gasteiger partial charge on any atom is 0.300 e. The van der Waals surface area contributed by atoms with Gasteiger partial charge in [-0.15, -0.1) is 11.3 Å². The molecule has 5 rings (SSSR count). The molecule has 0 bridgehead atoms. The first kappa shape index (κ1) is 20.2. The second-order valence-electron chi connectivity index (χ2n) is 7.64. The van der Waals surface area contributed by atoms with E-state index < -0.39 is 23.5 Å². The number of nitrogens with zero attached hydrogens (tertiary/aromatic N) is 1. The third-order valence-corrected chi connectivity index (χ3v) is 6.80. The summed E-state index contributed by atoms with van der Waals surface area (Å²) in [5, 5.41) is 14.9. The first-order chi connectivity index (χ1) is 15.5. The zero-order valence-electron chi connectivity index (χ0n) is 17.1. The molecule has 1 fully saturated rings. The van der Waals surface area contributed by atoms with Gasteiger partial charge in [0.05, 0.1) is 5.57 Å². The summed E-state index contributed by atoms with van der Waals surface area (Å²) in [6, 6.07) is 19.6. The van der Waals surface area contributed by atoms with E-state index in [-0.39, 0.29) is 17.0 Å². The summed E-state index contributed by atoms with van der Waals surface area (Å²) < 4.78 is 14.0. The van der Waals surface area contributed by atoms with Gasteiger partial charge in [-0.2, -0.15) is 0 Å². The topological polar surface area (TPSA) is 57.6 Å². The Bertz CT molecular complexity index is 1420. The van der Waals surface area contributed by atoms with E-state index in [9.17, 15) is 19.1 Å². The number of benzene rings is 3. The summed E-state index contributed by atoms with van der Waals surface area (Å²) in [6.07, 6.45) is 0. The van der Waals surface area contributed by atoms with E-state index in [1.54, 1.807) is 18.2 Å². The van der Waals surface area contributed by atoms with Gasteiger partial charge in [0.25, 0.3) is 11.7 Å². The van der Waals surface area contributed by atoms with E-state index in [1.165, 1.54) is 34.4 Å². The average Bonchev–Trinajstić information content (AvgIpc) is 3.33. The number of thiophene rings is 1. The van der Waals surface area contributed by atoms with Crippen LogP contribution in [0, 0.1) is 12.7 Å². The molecule has 3 aromatic carbocycles. The maximum atomic E-state index is 14.0. The Balaban J connectivity index is 1.79. The van der Waals surface area contributed by atoms with Crippen LogP contribution in [0.15, 0.2) is 83.7 Å². The first-order valence-corrected chi connectivity index (χ1v) is 10.9. The summed E-state index contributed by atoms with van der Waals surface area (Å²) in [5.41, 5.74) is 1.62. The van der Waals surface area contributed by atoms with Crippen molar-refractivity contribution >= 4 is 45.2 Å². The van der Waals surface area contributed by atoms with Crippen molar-refractivity contribution in [2.45, 2.75) is 13.0 Å². The Labute approximate surface area is 187 Å². The zero-order chi connectivity index (χ0) is 22.4. The van der Waals surface area contributed by atoms with Crippen LogP contribution in [0.1, 0.15) is 22.0 Å². The largest absolute Gasteiger partial charge is 0.507 e. The van der Waals surface area contributed by atoms with Crippen LogP contribution in [0.5, 0.6) is 0 Å². The fourth-order valence-electron chi connectivity index (χ4n) is 4.21. The smallest absolute Gasteiger partial charge is 0.300 e. The van der Waals surface area contributed by atoms with Gasteiger partial charge < -0.3 is 5.11 Å². The SMILES string of the molecule is Cc1ccsc1C1/C(=C(\O)c2cccc3ccccc23)C(=O)C(=O)N1c1cccc(F)c1. The average molecular weight is 443 g/mol. The minimum Gasteiger partial charge on any atom is -0.507 e. The van der Waals surface area contributed by atoms with Crippen molar-refractivity contribution in [1.82, 2.24) is 0 Å². The van der Waals surface area contributed by atoms with Gasteiger partial charge in [0.15, 0.2) is 0 Å². The molecule has 1 atom stereocenters. The molecule has 2 heterocycles. The van der Waals surface area contributed by atoms with Crippen molar-refractivity contribution in [2.75, 3.05) is 4.90 Å². The van der Waals surface area contributed by atoms with Gasteiger partial charge in [-0.1, -0.05) is 48.5 Å². The molecule has 1 saturated heterocycles. The monoisotopic (exact) mass is 443 g/mol. The Morgan fingerprint density at radius 2 is 1.75 bits per heavy atom. The number of aliphatic hydroxyl groups is 1. The highest BCUT2D eigenvalue weighted by atomic mass is 32.1. The van der Waals surface area contributed by atoms with Gasteiger partial charge in [0.1, 0.15) is 17.6 Å². The molecule has 0 radical (unpaired) electrons. The molecule has 1 aromatic heterocycles. The van der Waals surface area contributed by atoms with Crippen LogP contribution < -0.4 is 4.90 Å². The molecule has 4 aromatic rings. The van der Waals surface area contributed by atoms with Crippen LogP contribution in [0.25, 0.3) is 16.5 Å². The van der Waals surface area contributed by atoms with Gasteiger partial charge in [-0.25, -0.2) is 4.39 Å². The van der Waals surface area contributed by atoms with Gasteiger partial charge in [0.2, 0.25) is 0 Å². The molecule has 32 heavy (non-hydrogen) atoms. The third kappa shape index (κ3) is 3.11. The number of hydrogen-bond donors (Lipinski definition) is 1. The van der Waals surface area contributed by atoms with Crippen molar-refractivity contribution in [1.29, 1.82) is 0 Å². The minimum absolute atomic E-state index is 0.00108. The molecule has 1 aliphatic rings. The zero-order valence-corrected chi connectivity index (χ0v) is 17.9. The van der Waals surface area contributed by atoms with Gasteiger partial charge in [-0.05, 0) is 52.9 Å². The predicted octanol–water partition coefficient (Wildman–Crippen LogP) is 5.98. The van der Waals surface area contributed by atoms with Crippen molar-refractivity contribution in [3.8, 4) is 0 Å². The molecule has 4 nitrogen and oxygen atoms in total. The van der Waals surface area contributed by atoms with E-state index in [4.69, 9.17) is 0 Å². The van der Waals surface area contributed by atoms with Crippen LogP contribution in [-0.4, -0.2) is 16.8 Å². The lowest BCUT2D eigenvalue weighted by molar-refractivity contribution is -0.132. The Kier molecular flexibility index (Phi) is 4.87. The molecule has 1 unspecified atom stereocenters. The fourth-order valence-corrected chi connectivity index (χ4v) is 5.24. The number of halogens is 1. The number of Topliss-reactive ketones (excluding diaryl/α,β-unsaturated/α-hetero) is 1. The summed E-state index contributed by atoms with van der Waals surface area (Å²) in [7, 11) is 0. The molecule has 1 aliphatic heterocycles. The number of anilines is 1. The highest BCUT2D eigenvalue weighted by molar-refractivity contribution is 7.10. The number of carbonyl (C=O) groups is 2. The molecule has 0 spiro atoms. The molecule has 0 aliphatic carbocycles. The van der Waals surface area contributed by atoms with Gasteiger partial charge >= 0.3 is 0 Å². The second kappa shape index (κ2) is 7.73. The fraction of sp³-hybridized carbons (Fsp3) is 0.0769. The number of ketones is 1. The van der Waals surface area contributed by atoms with Crippen LogP contribution in [-0.2, 0) is 9.59 Å². The predicted molar refractivity (Wildman–Crippen MR) is 124 cm³/mol. The normalized spacial score (nSPS) is 17.9. The number of amides is 1. The standard InChI is InChI=1S/C26H18FNO3S/c1-15-12-13-32-25(15)22-21(23(29)20-11-4-7-16-6-2-3-10-19(16)20)24(30)26(31)28(22)18-9-5-8-17(27)14-18/h2-14,22,29H,1H3/b23-21+. The first-order valence-electron chi connectivity index (χ1n) is 10.1. The highest BCUT2D eigenvalue weighted by Gasteiger charge is 2.48. The van der Waals surface area contributed by atoms with E-state index in [1.807, 2.05) is 48.7 Å². The van der Waals surface area contributed by atoms with Crippen LogP contribution in [0.3, 0.4) is 0 Å². The summed E-state index contributed by atoms with van der Waals surface area (Å²) in [5.74, 6) is -2.34. The Morgan fingerprint density at radius 3 is 2.50 bits per heavy atom.